The number of rotatable bonds is 7. The van der Waals surface area contributed by atoms with E-state index < -0.39 is 11.7 Å². The molecule has 0 fully saturated rings. The van der Waals surface area contributed by atoms with Crippen LogP contribution in [0.4, 0.5) is 13.2 Å². The van der Waals surface area contributed by atoms with Crippen molar-refractivity contribution in [1.82, 2.24) is 20.2 Å². The smallest absolute Gasteiger partial charge is 0.416 e. The fraction of sp³-hybridized carbons (Fsp3) is 0.250. The van der Waals surface area contributed by atoms with E-state index in [2.05, 4.69) is 20.2 Å². The summed E-state index contributed by atoms with van der Waals surface area (Å²) in [5.41, 5.74) is 0.525. The van der Waals surface area contributed by atoms with E-state index in [9.17, 15) is 18.0 Å². The Hall–Kier alpha value is -3.01. The van der Waals surface area contributed by atoms with Crippen LogP contribution in [-0.4, -0.2) is 38.5 Å². The lowest BCUT2D eigenvalue weighted by atomic mass is 10.1. The van der Waals surface area contributed by atoms with E-state index in [0.29, 0.717) is 34.3 Å². The zero-order chi connectivity index (χ0) is 21.6. The average molecular weight is 434 g/mol. The number of carbonyl (C=O) groups excluding carboxylic acids is 1. The van der Waals surface area contributed by atoms with Crippen molar-refractivity contribution >= 4 is 17.7 Å². The van der Waals surface area contributed by atoms with Gasteiger partial charge in [-0.3, -0.25) is 9.78 Å². The summed E-state index contributed by atoms with van der Waals surface area (Å²) >= 11 is 1.25. The number of ether oxygens (including phenoxy) is 1. The molecule has 0 N–H and O–H groups in total. The number of esters is 1. The highest BCUT2D eigenvalue weighted by molar-refractivity contribution is 7.99. The number of nitrogens with zero attached hydrogens (tertiary/aromatic N) is 4. The highest BCUT2D eigenvalue weighted by Crippen LogP contribution is 2.33. The van der Waals surface area contributed by atoms with E-state index in [-0.39, 0.29) is 18.2 Å². The number of halogens is 3. The maximum absolute atomic E-state index is 12.9. The van der Waals surface area contributed by atoms with Gasteiger partial charge in [0.25, 0.3) is 0 Å². The Kier molecular flexibility index (Phi) is 6.99. The highest BCUT2D eigenvalue weighted by atomic mass is 32.2. The maximum Gasteiger partial charge on any atom is 0.416 e. The van der Waals surface area contributed by atoms with E-state index >= 15 is 0 Å². The van der Waals surface area contributed by atoms with Crippen molar-refractivity contribution in [3.8, 4) is 22.8 Å². The minimum absolute atomic E-state index is 0.161. The molecule has 0 saturated heterocycles. The fourth-order valence-electron chi connectivity index (χ4n) is 2.48. The molecule has 30 heavy (non-hydrogen) atoms. The molecule has 0 saturated carbocycles. The Morgan fingerprint density at radius 3 is 2.50 bits per heavy atom. The van der Waals surface area contributed by atoms with Crippen molar-refractivity contribution in [3.05, 3.63) is 54.2 Å². The van der Waals surface area contributed by atoms with Crippen LogP contribution in [0.25, 0.3) is 22.8 Å². The number of pyridine rings is 1. The Morgan fingerprint density at radius 2 is 1.87 bits per heavy atom. The third-order valence-corrected chi connectivity index (χ3v) is 4.85. The summed E-state index contributed by atoms with van der Waals surface area (Å²) in [5.74, 6) is 0.310. The van der Waals surface area contributed by atoms with Crippen molar-refractivity contribution in [3.63, 3.8) is 0 Å². The normalized spacial score (nSPS) is 11.3. The molecular weight excluding hydrogens is 417 g/mol. The van der Waals surface area contributed by atoms with Gasteiger partial charge >= 0.3 is 12.1 Å². The van der Waals surface area contributed by atoms with Crippen LogP contribution in [0.2, 0.25) is 0 Å². The van der Waals surface area contributed by atoms with E-state index in [1.807, 2.05) is 0 Å². The van der Waals surface area contributed by atoms with Gasteiger partial charge in [-0.25, -0.2) is 4.98 Å². The maximum atomic E-state index is 12.9. The average Bonchev–Trinajstić information content (AvgIpc) is 2.74. The third kappa shape index (κ3) is 5.53. The van der Waals surface area contributed by atoms with Gasteiger partial charge in [-0.15, -0.1) is 22.0 Å². The lowest BCUT2D eigenvalue weighted by molar-refractivity contribution is -0.142. The highest BCUT2D eigenvalue weighted by Gasteiger charge is 2.30. The van der Waals surface area contributed by atoms with Crippen LogP contribution in [0.5, 0.6) is 0 Å². The molecule has 0 radical (unpaired) electrons. The molecule has 0 spiro atoms. The first-order valence-corrected chi connectivity index (χ1v) is 9.99. The molecule has 2 aromatic heterocycles. The lowest BCUT2D eigenvalue weighted by Crippen LogP contribution is -2.06. The van der Waals surface area contributed by atoms with Gasteiger partial charge in [0, 0.05) is 17.5 Å². The molecule has 3 aromatic rings. The molecule has 1 aromatic carbocycles. The fourth-order valence-corrected chi connectivity index (χ4v) is 3.39. The van der Waals surface area contributed by atoms with Crippen LogP contribution in [-0.2, 0) is 15.7 Å². The van der Waals surface area contributed by atoms with Crippen LogP contribution in [0, 0.1) is 0 Å². The van der Waals surface area contributed by atoms with Crippen molar-refractivity contribution < 1.29 is 22.7 Å². The Balaban J connectivity index is 1.91. The minimum Gasteiger partial charge on any atom is -0.466 e. The van der Waals surface area contributed by atoms with E-state index in [1.165, 1.54) is 23.9 Å². The quantitative estimate of drug-likeness (QED) is 0.395. The van der Waals surface area contributed by atoms with Crippen LogP contribution in [0.15, 0.2) is 53.7 Å². The SMILES string of the molecule is CCOC(=O)CCSc1nc(-c2ccccn2)nnc1-c1ccc(C(F)(F)F)cc1. The van der Waals surface area contributed by atoms with Gasteiger partial charge < -0.3 is 4.74 Å². The lowest BCUT2D eigenvalue weighted by Gasteiger charge is -2.10. The van der Waals surface area contributed by atoms with Crippen LogP contribution in [0.3, 0.4) is 0 Å². The van der Waals surface area contributed by atoms with Crippen LogP contribution < -0.4 is 0 Å². The van der Waals surface area contributed by atoms with Gasteiger partial charge in [0.05, 0.1) is 18.6 Å². The summed E-state index contributed by atoms with van der Waals surface area (Å²) < 4.78 is 43.5. The predicted molar refractivity (Wildman–Crippen MR) is 105 cm³/mol. The Labute approximate surface area is 174 Å². The number of aromatic nitrogens is 4. The largest absolute Gasteiger partial charge is 0.466 e. The van der Waals surface area contributed by atoms with Gasteiger partial charge in [-0.2, -0.15) is 13.2 Å². The first kappa shape index (κ1) is 21.7. The summed E-state index contributed by atoms with van der Waals surface area (Å²) in [5, 5.41) is 8.70. The van der Waals surface area contributed by atoms with Gasteiger partial charge in [0.15, 0.2) is 0 Å². The first-order valence-electron chi connectivity index (χ1n) is 9.00. The number of thioether (sulfide) groups is 1. The zero-order valence-corrected chi connectivity index (χ0v) is 16.7. The summed E-state index contributed by atoms with van der Waals surface area (Å²) in [6.45, 7) is 2.01. The van der Waals surface area contributed by atoms with Crippen LogP contribution >= 0.6 is 11.8 Å². The molecule has 2 heterocycles. The molecule has 0 amide bonds. The molecule has 0 bridgehead atoms. The molecule has 0 atom stereocenters. The number of carbonyl (C=O) groups is 1. The summed E-state index contributed by atoms with van der Waals surface area (Å²) in [7, 11) is 0. The van der Waals surface area contributed by atoms with Crippen molar-refractivity contribution in [2.45, 2.75) is 24.5 Å². The van der Waals surface area contributed by atoms with Crippen molar-refractivity contribution in [2.75, 3.05) is 12.4 Å². The van der Waals surface area contributed by atoms with Gasteiger partial charge in [-0.1, -0.05) is 18.2 Å². The summed E-state index contributed by atoms with van der Waals surface area (Å²) in [6, 6.07) is 9.87. The molecule has 10 heteroatoms. The zero-order valence-electron chi connectivity index (χ0n) is 15.9. The van der Waals surface area contributed by atoms with Gasteiger partial charge in [0.1, 0.15) is 16.4 Å². The number of alkyl halides is 3. The topological polar surface area (TPSA) is 77.9 Å². The van der Waals surface area contributed by atoms with Gasteiger partial charge in [-0.05, 0) is 31.2 Å². The molecule has 0 unspecified atom stereocenters. The van der Waals surface area contributed by atoms with Gasteiger partial charge in [0.2, 0.25) is 5.82 Å². The van der Waals surface area contributed by atoms with E-state index in [4.69, 9.17) is 4.74 Å². The monoisotopic (exact) mass is 434 g/mol. The molecule has 0 aliphatic carbocycles. The van der Waals surface area contributed by atoms with E-state index in [1.54, 1.807) is 31.3 Å². The molecule has 3 rings (SSSR count). The number of hydrogen-bond donors (Lipinski definition) is 0. The molecule has 6 nitrogen and oxygen atoms in total. The second-order valence-electron chi connectivity index (χ2n) is 5.98. The van der Waals surface area contributed by atoms with Crippen LogP contribution in [0.1, 0.15) is 18.9 Å². The standard InChI is InChI=1S/C20H17F3N4O2S/c1-2-29-16(28)10-12-30-19-17(13-6-8-14(9-7-13)20(21,22)23)26-27-18(25-19)15-5-3-4-11-24-15/h3-9,11H,2,10,12H2,1H3. The number of hydrogen-bond acceptors (Lipinski definition) is 7. The Morgan fingerprint density at radius 1 is 1.10 bits per heavy atom. The predicted octanol–water partition coefficient (Wildman–Crippen LogP) is 4.66. The number of benzene rings is 1. The molecule has 0 aliphatic rings. The molecule has 0 aliphatic heterocycles. The van der Waals surface area contributed by atoms with E-state index in [0.717, 1.165) is 12.1 Å². The van der Waals surface area contributed by atoms with Crippen molar-refractivity contribution in [1.29, 1.82) is 0 Å². The third-order valence-electron chi connectivity index (χ3n) is 3.88. The first-order chi connectivity index (χ1) is 14.4. The second-order valence-corrected chi connectivity index (χ2v) is 7.07. The minimum atomic E-state index is -4.43. The Bertz CT molecular complexity index is 999. The summed E-state index contributed by atoms with van der Waals surface area (Å²) in [6.07, 6.45) is -2.67. The molecule has 156 valence electrons. The second kappa shape index (κ2) is 9.66. The van der Waals surface area contributed by atoms with Crippen molar-refractivity contribution in [2.24, 2.45) is 0 Å². The molecular formula is C20H17F3N4O2S. The summed E-state index contributed by atoms with van der Waals surface area (Å²) in [4.78, 5) is 20.3.